The molecule has 1 aromatic carbocycles. The second-order valence-electron chi connectivity index (χ2n) is 3.65. The van der Waals surface area contributed by atoms with E-state index in [0.717, 1.165) is 11.7 Å². The minimum absolute atomic E-state index is 0. The molecule has 6 nitrogen and oxygen atoms in total. The van der Waals surface area contributed by atoms with Crippen LogP contribution in [0.15, 0.2) is 23.1 Å². The van der Waals surface area contributed by atoms with Gasteiger partial charge in [0.05, 0.1) is 11.7 Å². The molecule has 0 aliphatic rings. The molecule has 9 heteroatoms. The summed E-state index contributed by atoms with van der Waals surface area (Å²) >= 11 is 0.991. The Kier molecular flexibility index (Phi) is 5.00. The molecule has 18 heavy (non-hydrogen) atoms. The SMILES string of the molecule is C[C@@H](CN)NS(=O)(=O)c1cccc2nsnc12.Cl. The predicted molar refractivity (Wildman–Crippen MR) is 73.5 cm³/mol. The summed E-state index contributed by atoms with van der Waals surface area (Å²) < 4.78 is 34.7. The van der Waals surface area contributed by atoms with Gasteiger partial charge in [-0.15, -0.1) is 12.4 Å². The fraction of sp³-hybridized carbons (Fsp3) is 0.333. The number of nitrogens with one attached hydrogen (secondary N) is 1. The first-order valence-corrected chi connectivity index (χ1v) is 7.19. The van der Waals surface area contributed by atoms with Gasteiger partial charge in [0.15, 0.2) is 0 Å². The fourth-order valence-corrected chi connectivity index (χ4v) is 3.40. The lowest BCUT2D eigenvalue weighted by Crippen LogP contribution is -2.37. The smallest absolute Gasteiger partial charge is 0.243 e. The van der Waals surface area contributed by atoms with E-state index in [9.17, 15) is 8.42 Å². The Bertz CT molecular complexity index is 628. The number of halogens is 1. The summed E-state index contributed by atoms with van der Waals surface area (Å²) in [6.45, 7) is 1.95. The van der Waals surface area contributed by atoms with Crippen LogP contribution in [0.2, 0.25) is 0 Å². The molecule has 2 aromatic rings. The number of hydrogen-bond donors (Lipinski definition) is 2. The molecular formula is C9H13ClN4O2S2. The van der Waals surface area contributed by atoms with Crippen LogP contribution in [0.25, 0.3) is 11.0 Å². The van der Waals surface area contributed by atoms with Gasteiger partial charge in [-0.1, -0.05) is 6.07 Å². The molecule has 0 radical (unpaired) electrons. The largest absolute Gasteiger partial charge is 0.329 e. The average molecular weight is 309 g/mol. The molecule has 0 aliphatic carbocycles. The Hall–Kier alpha value is -0.800. The van der Waals surface area contributed by atoms with Gasteiger partial charge in [-0.3, -0.25) is 0 Å². The summed E-state index contributed by atoms with van der Waals surface area (Å²) in [7, 11) is -3.59. The van der Waals surface area contributed by atoms with Gasteiger partial charge >= 0.3 is 0 Å². The van der Waals surface area contributed by atoms with Crippen molar-refractivity contribution in [1.82, 2.24) is 13.5 Å². The third-order valence-electron chi connectivity index (χ3n) is 2.25. The molecular weight excluding hydrogens is 296 g/mol. The van der Waals surface area contributed by atoms with E-state index in [2.05, 4.69) is 13.5 Å². The van der Waals surface area contributed by atoms with Crippen LogP contribution >= 0.6 is 24.1 Å². The van der Waals surface area contributed by atoms with E-state index in [-0.39, 0.29) is 29.9 Å². The summed E-state index contributed by atoms with van der Waals surface area (Å²) in [5.74, 6) is 0. The lowest BCUT2D eigenvalue weighted by atomic mass is 10.3. The highest BCUT2D eigenvalue weighted by Gasteiger charge is 2.20. The summed E-state index contributed by atoms with van der Waals surface area (Å²) in [5.41, 5.74) is 6.38. The highest BCUT2D eigenvalue weighted by Crippen LogP contribution is 2.20. The van der Waals surface area contributed by atoms with Crippen molar-refractivity contribution in [1.29, 1.82) is 0 Å². The zero-order valence-electron chi connectivity index (χ0n) is 9.53. The molecule has 0 spiro atoms. The van der Waals surface area contributed by atoms with E-state index in [4.69, 9.17) is 5.73 Å². The van der Waals surface area contributed by atoms with Gasteiger partial charge in [0.1, 0.15) is 15.9 Å². The van der Waals surface area contributed by atoms with Crippen molar-refractivity contribution in [3.63, 3.8) is 0 Å². The van der Waals surface area contributed by atoms with E-state index in [1.807, 2.05) is 0 Å². The number of fused-ring (bicyclic) bond motifs is 1. The first-order valence-electron chi connectivity index (χ1n) is 4.98. The monoisotopic (exact) mass is 308 g/mol. The normalized spacial score (nSPS) is 13.2. The van der Waals surface area contributed by atoms with Crippen LogP contribution in [0.5, 0.6) is 0 Å². The molecule has 3 N–H and O–H groups in total. The van der Waals surface area contributed by atoms with Crippen LogP contribution in [-0.4, -0.2) is 29.8 Å². The van der Waals surface area contributed by atoms with Crippen LogP contribution in [-0.2, 0) is 10.0 Å². The van der Waals surface area contributed by atoms with Crippen molar-refractivity contribution >= 4 is 45.2 Å². The maximum atomic E-state index is 12.1. The lowest BCUT2D eigenvalue weighted by molar-refractivity contribution is 0.563. The molecule has 0 bridgehead atoms. The number of aromatic nitrogens is 2. The lowest BCUT2D eigenvalue weighted by Gasteiger charge is -2.11. The van der Waals surface area contributed by atoms with Gasteiger partial charge in [-0.25, -0.2) is 13.1 Å². The Morgan fingerprint density at radius 1 is 1.44 bits per heavy atom. The van der Waals surface area contributed by atoms with Gasteiger partial charge in [0.2, 0.25) is 10.0 Å². The van der Waals surface area contributed by atoms with Gasteiger partial charge in [0.25, 0.3) is 0 Å². The standard InChI is InChI=1S/C9H12N4O2S2.ClH/c1-6(5-10)13-17(14,15)8-4-2-3-7-9(8)12-16-11-7;/h2-4,6,13H,5,10H2,1H3;1H/t6-;/m0./s1. The molecule has 2 rings (SSSR count). The highest BCUT2D eigenvalue weighted by atomic mass is 35.5. The van der Waals surface area contributed by atoms with Crippen LogP contribution in [0.4, 0.5) is 0 Å². The molecule has 1 heterocycles. The van der Waals surface area contributed by atoms with Gasteiger partial charge < -0.3 is 5.73 Å². The molecule has 0 fully saturated rings. The first kappa shape index (κ1) is 15.3. The first-order chi connectivity index (χ1) is 8.04. The maximum Gasteiger partial charge on any atom is 0.243 e. The highest BCUT2D eigenvalue weighted by molar-refractivity contribution is 7.89. The number of hydrogen-bond acceptors (Lipinski definition) is 6. The minimum Gasteiger partial charge on any atom is -0.329 e. The van der Waals surface area contributed by atoms with E-state index in [1.54, 1.807) is 19.1 Å². The van der Waals surface area contributed by atoms with Gasteiger partial charge in [0, 0.05) is 12.6 Å². The Labute approximate surface area is 115 Å². The van der Waals surface area contributed by atoms with Crippen molar-refractivity contribution in [2.24, 2.45) is 5.73 Å². The van der Waals surface area contributed by atoms with Crippen molar-refractivity contribution in [3.8, 4) is 0 Å². The molecule has 1 atom stereocenters. The van der Waals surface area contributed by atoms with E-state index in [0.29, 0.717) is 11.0 Å². The number of benzene rings is 1. The molecule has 0 unspecified atom stereocenters. The summed E-state index contributed by atoms with van der Waals surface area (Å²) in [5, 5.41) is 0. The summed E-state index contributed by atoms with van der Waals surface area (Å²) in [6, 6.07) is 4.56. The number of sulfonamides is 1. The molecule has 0 aliphatic heterocycles. The van der Waals surface area contributed by atoms with Crippen LogP contribution < -0.4 is 10.5 Å². The van der Waals surface area contributed by atoms with Crippen LogP contribution in [0.1, 0.15) is 6.92 Å². The number of rotatable bonds is 4. The maximum absolute atomic E-state index is 12.1. The molecule has 0 saturated carbocycles. The van der Waals surface area contributed by atoms with Crippen LogP contribution in [0.3, 0.4) is 0 Å². The average Bonchev–Trinajstić information content (AvgIpc) is 2.75. The third-order valence-corrected chi connectivity index (χ3v) is 4.41. The second-order valence-corrected chi connectivity index (χ2v) is 5.86. The van der Waals surface area contributed by atoms with Crippen molar-refractivity contribution in [2.45, 2.75) is 17.9 Å². The zero-order valence-corrected chi connectivity index (χ0v) is 12.0. The number of nitrogens with zero attached hydrogens (tertiary/aromatic N) is 2. The van der Waals surface area contributed by atoms with Crippen molar-refractivity contribution in [3.05, 3.63) is 18.2 Å². The molecule has 1 aromatic heterocycles. The molecule has 0 amide bonds. The van der Waals surface area contributed by atoms with Crippen molar-refractivity contribution in [2.75, 3.05) is 6.54 Å². The molecule has 0 saturated heterocycles. The van der Waals surface area contributed by atoms with E-state index < -0.39 is 10.0 Å². The van der Waals surface area contributed by atoms with E-state index in [1.165, 1.54) is 6.07 Å². The summed E-state index contributed by atoms with van der Waals surface area (Å²) in [6.07, 6.45) is 0. The van der Waals surface area contributed by atoms with Gasteiger partial charge in [-0.2, -0.15) is 8.75 Å². The predicted octanol–water partition coefficient (Wildman–Crippen LogP) is 0.739. The third kappa shape index (κ3) is 2.96. The Balaban J connectivity index is 0.00000162. The molecule has 100 valence electrons. The van der Waals surface area contributed by atoms with Crippen molar-refractivity contribution < 1.29 is 8.42 Å². The van der Waals surface area contributed by atoms with E-state index >= 15 is 0 Å². The number of nitrogens with two attached hydrogens (primary N) is 1. The van der Waals surface area contributed by atoms with Crippen LogP contribution in [0, 0.1) is 0 Å². The minimum atomic E-state index is -3.59. The summed E-state index contributed by atoms with van der Waals surface area (Å²) in [4.78, 5) is 0.143. The Morgan fingerprint density at radius 2 is 2.17 bits per heavy atom. The fourth-order valence-electron chi connectivity index (χ4n) is 1.37. The quantitative estimate of drug-likeness (QED) is 0.868. The topological polar surface area (TPSA) is 98.0 Å². The Morgan fingerprint density at radius 3 is 2.83 bits per heavy atom. The van der Waals surface area contributed by atoms with Gasteiger partial charge in [-0.05, 0) is 19.1 Å². The zero-order chi connectivity index (χ0) is 12.5. The second kappa shape index (κ2) is 5.89.